The van der Waals surface area contributed by atoms with Crippen molar-refractivity contribution in [3.63, 3.8) is 0 Å². The number of alkyl halides is 6. The molecule has 9 rings (SSSR count). The van der Waals surface area contributed by atoms with Gasteiger partial charge in [-0.15, -0.1) is 0 Å². The van der Waals surface area contributed by atoms with Crippen molar-refractivity contribution in [3.05, 3.63) is 106 Å². The van der Waals surface area contributed by atoms with Gasteiger partial charge in [0, 0.05) is 94.4 Å². The van der Waals surface area contributed by atoms with Crippen molar-refractivity contribution in [2.24, 2.45) is 7.05 Å². The molecule has 21 heteroatoms. The number of carbonyl (C=O) groups excluding carboxylic acids is 2. The summed E-state index contributed by atoms with van der Waals surface area (Å²) in [7, 11) is 1.68. The lowest BCUT2D eigenvalue weighted by atomic mass is 9.93. The number of piperidine rings is 1. The van der Waals surface area contributed by atoms with Crippen LogP contribution in [-0.4, -0.2) is 116 Å². The molecule has 0 bridgehead atoms. The zero-order valence-corrected chi connectivity index (χ0v) is 39.8. The maximum Gasteiger partial charge on any atom is 0.416 e. The third-order valence-electron chi connectivity index (χ3n) is 14.0. The Morgan fingerprint density at radius 1 is 0.778 bits per heavy atom. The molecule has 1 unspecified atom stereocenters. The highest BCUT2D eigenvalue weighted by molar-refractivity contribution is 6.00. The highest BCUT2D eigenvalue weighted by Crippen LogP contribution is 2.40. The molecule has 1 aliphatic carbocycles. The van der Waals surface area contributed by atoms with Crippen molar-refractivity contribution in [1.82, 2.24) is 38.8 Å². The van der Waals surface area contributed by atoms with Crippen LogP contribution in [0.5, 0.6) is 0 Å². The predicted octanol–water partition coefficient (Wildman–Crippen LogP) is 7.77. The van der Waals surface area contributed by atoms with Crippen LogP contribution in [0.15, 0.2) is 77.9 Å². The van der Waals surface area contributed by atoms with E-state index < -0.39 is 47.2 Å². The van der Waals surface area contributed by atoms with E-state index in [1.807, 2.05) is 41.1 Å². The lowest BCUT2D eigenvalue weighted by molar-refractivity contribution is -0.143. The van der Waals surface area contributed by atoms with E-state index in [4.69, 9.17) is 9.47 Å². The number of aliphatic hydroxyl groups excluding tert-OH is 1. The van der Waals surface area contributed by atoms with Crippen LogP contribution in [0.2, 0.25) is 0 Å². The Labute approximate surface area is 410 Å². The lowest BCUT2D eigenvalue weighted by Gasteiger charge is -2.34. The smallest absolute Gasteiger partial charge is 0.393 e. The van der Waals surface area contributed by atoms with Gasteiger partial charge in [-0.25, -0.2) is 9.78 Å². The second-order valence-electron chi connectivity index (χ2n) is 18.9. The third kappa shape index (κ3) is 11.7. The van der Waals surface area contributed by atoms with E-state index in [9.17, 15) is 45.8 Å². The van der Waals surface area contributed by atoms with Gasteiger partial charge in [0.25, 0.3) is 0 Å². The number of aromatic nitrogens is 5. The van der Waals surface area contributed by atoms with Crippen molar-refractivity contribution in [2.75, 3.05) is 64.5 Å². The molecule has 3 aromatic heterocycles. The standard InChI is InChI=1S/C51H57F6N9O6/c1-62-44-25-32(6-13-42(44)66(49(62)70)43-14-15-45(68)60-47(43)69)3-2-21-71-23-24-72-22-20-63-16-18-64(19-17-63)30-33-4-7-34(8-5-33)41-31-65(38-9-11-39(67)12-10-38)46-40(41)29-58-48(61-46)59-37-27-35(50(52,53)54)26-36(28-37)51(55,56)57/h4-8,13,25-29,31,38-39,43,67H,2-3,9-12,14-24,30H2,1H3,(H,58,59,61)(H,60,68,69). The second kappa shape index (κ2) is 21.5. The predicted molar refractivity (Wildman–Crippen MR) is 256 cm³/mol. The number of ether oxygens (including phenoxy) is 2. The number of nitrogens with one attached hydrogen (secondary N) is 2. The van der Waals surface area contributed by atoms with Gasteiger partial charge < -0.3 is 24.5 Å². The highest BCUT2D eigenvalue weighted by atomic mass is 19.4. The molecule has 3 aliphatic rings. The molecule has 3 aromatic carbocycles. The van der Waals surface area contributed by atoms with Crippen LogP contribution in [-0.2, 0) is 51.4 Å². The first-order chi connectivity index (χ1) is 34.5. The monoisotopic (exact) mass is 1010 g/mol. The molecule has 1 atom stereocenters. The van der Waals surface area contributed by atoms with Crippen molar-refractivity contribution in [1.29, 1.82) is 0 Å². The number of hydrogen-bond donors (Lipinski definition) is 3. The van der Waals surface area contributed by atoms with Gasteiger partial charge in [0.15, 0.2) is 0 Å². The number of imide groups is 1. The van der Waals surface area contributed by atoms with Gasteiger partial charge in [-0.1, -0.05) is 30.3 Å². The van der Waals surface area contributed by atoms with Crippen LogP contribution in [0.25, 0.3) is 33.2 Å². The average molecular weight is 1010 g/mol. The average Bonchev–Trinajstić information content (AvgIpc) is 3.84. The molecule has 2 aliphatic heterocycles. The van der Waals surface area contributed by atoms with E-state index in [-0.39, 0.29) is 42.5 Å². The van der Waals surface area contributed by atoms with E-state index in [1.54, 1.807) is 7.05 Å². The number of anilines is 2. The Kier molecular flexibility index (Phi) is 15.2. The number of carbonyl (C=O) groups is 2. The number of aliphatic hydroxyl groups is 1. The molecule has 2 amide bonds. The molecule has 15 nitrogen and oxygen atoms in total. The molecule has 1 saturated carbocycles. The van der Waals surface area contributed by atoms with E-state index in [2.05, 4.69) is 42.5 Å². The molecule has 0 radical (unpaired) electrons. The summed E-state index contributed by atoms with van der Waals surface area (Å²) in [5.74, 6) is -0.932. The number of hydrogen-bond acceptors (Lipinski definition) is 11. The summed E-state index contributed by atoms with van der Waals surface area (Å²) in [6, 6.07) is 14.5. The number of piperazine rings is 1. The molecule has 5 heterocycles. The Bertz CT molecular complexity index is 2920. The molecule has 3 fully saturated rings. The first-order valence-corrected chi connectivity index (χ1v) is 24.3. The number of imidazole rings is 1. The maximum absolute atomic E-state index is 13.6. The zero-order chi connectivity index (χ0) is 50.7. The lowest BCUT2D eigenvalue weighted by Crippen LogP contribution is -2.46. The van der Waals surface area contributed by atoms with E-state index >= 15 is 0 Å². The van der Waals surface area contributed by atoms with Gasteiger partial charge in [0.05, 0.1) is 48.1 Å². The van der Waals surface area contributed by atoms with Crippen LogP contribution in [0, 0.1) is 0 Å². The van der Waals surface area contributed by atoms with Crippen molar-refractivity contribution < 1.29 is 50.5 Å². The van der Waals surface area contributed by atoms with Gasteiger partial charge in [0.1, 0.15) is 11.7 Å². The van der Waals surface area contributed by atoms with Gasteiger partial charge in [-0.05, 0) is 92.0 Å². The number of amides is 2. The Morgan fingerprint density at radius 3 is 2.12 bits per heavy atom. The number of aryl methyl sites for hydroxylation is 2. The summed E-state index contributed by atoms with van der Waals surface area (Å²) < 4.78 is 98.3. The molecule has 2 saturated heterocycles. The molecule has 72 heavy (non-hydrogen) atoms. The second-order valence-corrected chi connectivity index (χ2v) is 18.9. The topological polar surface area (TPSA) is 161 Å². The Morgan fingerprint density at radius 2 is 1.44 bits per heavy atom. The quantitative estimate of drug-likeness (QED) is 0.0466. The number of fused-ring (bicyclic) bond motifs is 2. The SMILES string of the molecule is Cn1c(=O)n(C2CCC(=O)NC2=O)c2ccc(CCCOCCOCCN3CCN(Cc4ccc(-c5cn(C6CCC(O)CC6)c6nc(Nc7cc(C(F)(F)F)cc(C(F)(F)F)c7)ncc56)cc4)CC3)cc21. The van der Waals surface area contributed by atoms with Gasteiger partial charge in [-0.3, -0.25) is 33.8 Å². The van der Waals surface area contributed by atoms with E-state index in [0.29, 0.717) is 80.8 Å². The first kappa shape index (κ1) is 50.8. The largest absolute Gasteiger partial charge is 0.416 e. The minimum atomic E-state index is -5.01. The van der Waals surface area contributed by atoms with E-state index in [0.717, 1.165) is 79.9 Å². The Hall–Kier alpha value is -6.13. The van der Waals surface area contributed by atoms with Crippen LogP contribution in [0.1, 0.15) is 79.3 Å². The minimum Gasteiger partial charge on any atom is -0.393 e. The van der Waals surface area contributed by atoms with Gasteiger partial charge in [0.2, 0.25) is 17.8 Å². The van der Waals surface area contributed by atoms with Crippen LogP contribution < -0.4 is 16.3 Å². The fourth-order valence-electron chi connectivity index (χ4n) is 10.00. The number of halogens is 6. The zero-order valence-electron chi connectivity index (χ0n) is 39.8. The summed E-state index contributed by atoms with van der Waals surface area (Å²) in [5, 5.41) is 15.8. The minimum absolute atomic E-state index is 0.0361. The molecule has 384 valence electrons. The molecular weight excluding hydrogens is 949 g/mol. The molecule has 0 spiro atoms. The summed E-state index contributed by atoms with van der Waals surface area (Å²) >= 11 is 0. The summed E-state index contributed by atoms with van der Waals surface area (Å²) in [4.78, 5) is 51.0. The van der Waals surface area contributed by atoms with Crippen molar-refractivity contribution in [2.45, 2.75) is 88.5 Å². The van der Waals surface area contributed by atoms with Crippen LogP contribution in [0.3, 0.4) is 0 Å². The normalized spacial score (nSPS) is 19.6. The molecule has 3 N–H and O–H groups in total. The summed E-state index contributed by atoms with van der Waals surface area (Å²) in [6.07, 6.45) is -2.41. The van der Waals surface area contributed by atoms with Crippen molar-refractivity contribution in [3.8, 4) is 11.1 Å². The third-order valence-corrected chi connectivity index (χ3v) is 14.0. The molecule has 6 aromatic rings. The summed E-state index contributed by atoms with van der Waals surface area (Å²) in [6.45, 7) is 7.34. The number of benzene rings is 3. The van der Waals surface area contributed by atoms with Crippen LogP contribution in [0.4, 0.5) is 38.0 Å². The highest BCUT2D eigenvalue weighted by Gasteiger charge is 2.37. The van der Waals surface area contributed by atoms with Crippen molar-refractivity contribution >= 4 is 45.5 Å². The van der Waals surface area contributed by atoms with Gasteiger partial charge >= 0.3 is 18.0 Å². The van der Waals surface area contributed by atoms with Crippen LogP contribution >= 0.6 is 0 Å². The Balaban J connectivity index is 0.723. The molecular formula is C51H57F6N9O6. The first-order valence-electron chi connectivity index (χ1n) is 24.3. The number of rotatable bonds is 17. The fourth-order valence-corrected chi connectivity index (χ4v) is 10.00. The fraction of sp³-hybridized carbons (Fsp3) is 0.471. The summed E-state index contributed by atoms with van der Waals surface area (Å²) in [5.41, 5.74) is 2.17. The van der Waals surface area contributed by atoms with E-state index in [1.165, 1.54) is 15.3 Å². The maximum atomic E-state index is 13.6. The van der Waals surface area contributed by atoms with Gasteiger partial charge in [-0.2, -0.15) is 31.3 Å². The number of nitrogens with zero attached hydrogens (tertiary/aromatic N) is 7.